The van der Waals surface area contributed by atoms with Gasteiger partial charge in [-0.1, -0.05) is 23.2 Å². The van der Waals surface area contributed by atoms with Gasteiger partial charge in [0.15, 0.2) is 11.6 Å². The Morgan fingerprint density at radius 3 is 2.60 bits per heavy atom. The first kappa shape index (κ1) is 20.7. The van der Waals surface area contributed by atoms with Crippen molar-refractivity contribution in [3.8, 4) is 10.6 Å². The van der Waals surface area contributed by atoms with Gasteiger partial charge in [0.25, 0.3) is 5.91 Å². The minimum atomic E-state index is -1.32. The standard InChI is InChI=1S/C21H11Cl2F3N2OS/c1-9-13(21-28-15-5-2-10(22)6-17(15)30-21)7-11(24)8-16(9)27-20(29)12-3-4-14(25)19(26)18(12)23/h2-8H,1H3,(H,27,29). The number of aromatic nitrogens is 1. The molecule has 0 unspecified atom stereocenters. The van der Waals surface area contributed by atoms with Crippen molar-refractivity contribution in [2.24, 2.45) is 0 Å². The predicted molar refractivity (Wildman–Crippen MR) is 114 cm³/mol. The lowest BCUT2D eigenvalue weighted by Crippen LogP contribution is -2.14. The molecule has 0 bridgehead atoms. The molecule has 3 nitrogen and oxygen atoms in total. The number of carbonyl (C=O) groups excluding carboxylic acids is 1. The number of nitrogens with zero attached hydrogens (tertiary/aromatic N) is 1. The Morgan fingerprint density at radius 2 is 1.83 bits per heavy atom. The number of halogens is 5. The van der Waals surface area contributed by atoms with E-state index >= 15 is 0 Å². The van der Waals surface area contributed by atoms with Crippen molar-refractivity contribution in [3.05, 3.63) is 81.1 Å². The molecule has 0 aliphatic rings. The molecule has 3 aromatic carbocycles. The summed E-state index contributed by atoms with van der Waals surface area (Å²) in [5.74, 6) is -3.89. The van der Waals surface area contributed by atoms with Gasteiger partial charge in [-0.25, -0.2) is 18.2 Å². The number of benzene rings is 3. The zero-order chi connectivity index (χ0) is 21.6. The largest absolute Gasteiger partial charge is 0.322 e. The van der Waals surface area contributed by atoms with Crippen molar-refractivity contribution in [2.75, 3.05) is 5.32 Å². The molecule has 0 saturated carbocycles. The van der Waals surface area contributed by atoms with Crippen LogP contribution in [-0.2, 0) is 0 Å². The van der Waals surface area contributed by atoms with Gasteiger partial charge in [-0.3, -0.25) is 4.79 Å². The fraction of sp³-hybridized carbons (Fsp3) is 0.0476. The molecule has 1 amide bonds. The molecule has 0 aliphatic carbocycles. The first-order valence-electron chi connectivity index (χ1n) is 8.56. The van der Waals surface area contributed by atoms with E-state index in [1.54, 1.807) is 25.1 Å². The zero-order valence-corrected chi connectivity index (χ0v) is 17.5. The number of thiazole rings is 1. The van der Waals surface area contributed by atoms with Gasteiger partial charge in [-0.2, -0.15) is 0 Å². The molecule has 1 aromatic heterocycles. The number of anilines is 1. The van der Waals surface area contributed by atoms with Crippen molar-refractivity contribution in [2.45, 2.75) is 6.92 Å². The molecule has 9 heteroatoms. The highest BCUT2D eigenvalue weighted by atomic mass is 35.5. The second-order valence-electron chi connectivity index (χ2n) is 6.43. The number of nitrogens with one attached hydrogen (secondary N) is 1. The number of rotatable bonds is 3. The monoisotopic (exact) mass is 466 g/mol. The van der Waals surface area contributed by atoms with E-state index in [2.05, 4.69) is 10.3 Å². The lowest BCUT2D eigenvalue weighted by Gasteiger charge is -2.13. The minimum absolute atomic E-state index is 0.160. The van der Waals surface area contributed by atoms with Crippen LogP contribution in [0.4, 0.5) is 18.9 Å². The summed E-state index contributed by atoms with van der Waals surface area (Å²) in [6.07, 6.45) is 0. The van der Waals surface area contributed by atoms with E-state index in [9.17, 15) is 18.0 Å². The van der Waals surface area contributed by atoms with Crippen LogP contribution in [0.2, 0.25) is 10.0 Å². The highest BCUT2D eigenvalue weighted by Crippen LogP contribution is 2.36. The van der Waals surface area contributed by atoms with E-state index in [0.29, 0.717) is 26.7 Å². The molecule has 0 fully saturated rings. The molecule has 1 heterocycles. The van der Waals surface area contributed by atoms with E-state index in [1.165, 1.54) is 17.4 Å². The molecule has 0 spiro atoms. The zero-order valence-electron chi connectivity index (χ0n) is 15.2. The molecule has 30 heavy (non-hydrogen) atoms. The van der Waals surface area contributed by atoms with Gasteiger partial charge in [0.05, 0.1) is 20.8 Å². The number of hydrogen-bond acceptors (Lipinski definition) is 3. The summed E-state index contributed by atoms with van der Waals surface area (Å²) in [6, 6.07) is 9.54. The molecular formula is C21H11Cl2F3N2OS. The van der Waals surface area contributed by atoms with E-state index in [4.69, 9.17) is 23.2 Å². The molecule has 1 N–H and O–H groups in total. The fourth-order valence-corrected chi connectivity index (χ4v) is 4.49. The average molecular weight is 467 g/mol. The number of hydrogen-bond donors (Lipinski definition) is 1. The second-order valence-corrected chi connectivity index (χ2v) is 8.28. The third-order valence-electron chi connectivity index (χ3n) is 4.48. The van der Waals surface area contributed by atoms with Crippen LogP contribution in [0.5, 0.6) is 0 Å². The summed E-state index contributed by atoms with van der Waals surface area (Å²) in [5.41, 5.74) is 1.64. The highest BCUT2D eigenvalue weighted by molar-refractivity contribution is 7.21. The summed E-state index contributed by atoms with van der Waals surface area (Å²) in [5, 5.41) is 2.97. The van der Waals surface area contributed by atoms with Gasteiger partial charge in [0, 0.05) is 16.3 Å². The number of carbonyl (C=O) groups is 1. The Balaban J connectivity index is 1.74. The SMILES string of the molecule is Cc1c(NC(=O)c2ccc(F)c(F)c2Cl)cc(F)cc1-c1nc2ccc(Cl)cc2s1. The van der Waals surface area contributed by atoms with Crippen LogP contribution < -0.4 is 5.32 Å². The van der Waals surface area contributed by atoms with E-state index in [1.807, 2.05) is 0 Å². The summed E-state index contributed by atoms with van der Waals surface area (Å²) in [6.45, 7) is 1.69. The first-order chi connectivity index (χ1) is 14.2. The summed E-state index contributed by atoms with van der Waals surface area (Å²) >= 11 is 13.1. The fourth-order valence-electron chi connectivity index (χ4n) is 2.94. The number of amides is 1. The molecule has 4 rings (SSSR count). The third-order valence-corrected chi connectivity index (χ3v) is 6.14. The summed E-state index contributed by atoms with van der Waals surface area (Å²) in [4.78, 5) is 17.1. The van der Waals surface area contributed by atoms with Crippen molar-refractivity contribution < 1.29 is 18.0 Å². The van der Waals surface area contributed by atoms with Gasteiger partial charge in [0.1, 0.15) is 10.8 Å². The summed E-state index contributed by atoms with van der Waals surface area (Å²) < 4.78 is 42.1. The predicted octanol–water partition coefficient (Wildman–Crippen LogP) is 7.25. The van der Waals surface area contributed by atoms with Crippen molar-refractivity contribution in [1.29, 1.82) is 0 Å². The third kappa shape index (κ3) is 3.76. The minimum Gasteiger partial charge on any atom is -0.322 e. The smallest absolute Gasteiger partial charge is 0.257 e. The van der Waals surface area contributed by atoms with Crippen molar-refractivity contribution >= 4 is 56.3 Å². The Labute approximate surface area is 183 Å². The molecule has 4 aromatic rings. The van der Waals surface area contributed by atoms with Gasteiger partial charge in [-0.15, -0.1) is 11.3 Å². The Hall–Kier alpha value is -2.61. The van der Waals surface area contributed by atoms with Crippen LogP contribution in [0, 0.1) is 24.4 Å². The van der Waals surface area contributed by atoms with Crippen LogP contribution >= 0.6 is 34.5 Å². The van der Waals surface area contributed by atoms with Crippen LogP contribution in [0.15, 0.2) is 42.5 Å². The van der Waals surface area contributed by atoms with Crippen LogP contribution in [0.3, 0.4) is 0 Å². The molecule has 0 aliphatic heterocycles. The lowest BCUT2D eigenvalue weighted by molar-refractivity contribution is 0.102. The average Bonchev–Trinajstić information content (AvgIpc) is 3.11. The number of fused-ring (bicyclic) bond motifs is 1. The van der Waals surface area contributed by atoms with Gasteiger partial charge < -0.3 is 5.32 Å². The molecule has 0 saturated heterocycles. The van der Waals surface area contributed by atoms with Gasteiger partial charge in [0.2, 0.25) is 0 Å². The Morgan fingerprint density at radius 1 is 1.07 bits per heavy atom. The van der Waals surface area contributed by atoms with E-state index < -0.39 is 28.4 Å². The van der Waals surface area contributed by atoms with E-state index in [-0.39, 0.29) is 11.3 Å². The maximum absolute atomic E-state index is 14.3. The molecular weight excluding hydrogens is 456 g/mol. The first-order valence-corrected chi connectivity index (χ1v) is 10.1. The maximum atomic E-state index is 14.3. The molecule has 0 atom stereocenters. The molecule has 0 radical (unpaired) electrons. The van der Waals surface area contributed by atoms with Crippen molar-refractivity contribution in [1.82, 2.24) is 4.98 Å². The van der Waals surface area contributed by atoms with Gasteiger partial charge >= 0.3 is 0 Å². The maximum Gasteiger partial charge on any atom is 0.257 e. The van der Waals surface area contributed by atoms with E-state index in [0.717, 1.165) is 22.9 Å². The highest BCUT2D eigenvalue weighted by Gasteiger charge is 2.20. The van der Waals surface area contributed by atoms with Crippen LogP contribution in [0.1, 0.15) is 15.9 Å². The summed E-state index contributed by atoms with van der Waals surface area (Å²) in [7, 11) is 0. The van der Waals surface area contributed by atoms with Gasteiger partial charge in [-0.05, 0) is 55.0 Å². The quantitative estimate of drug-likeness (QED) is 0.323. The second kappa shape index (κ2) is 7.91. The normalized spacial score (nSPS) is 11.1. The lowest BCUT2D eigenvalue weighted by atomic mass is 10.1. The van der Waals surface area contributed by atoms with Crippen LogP contribution in [-0.4, -0.2) is 10.9 Å². The van der Waals surface area contributed by atoms with Crippen molar-refractivity contribution in [3.63, 3.8) is 0 Å². The Bertz CT molecular complexity index is 1320. The van der Waals surface area contributed by atoms with Crippen LogP contribution in [0.25, 0.3) is 20.8 Å². The Kier molecular flexibility index (Phi) is 5.44. The topological polar surface area (TPSA) is 42.0 Å². The molecule has 152 valence electrons.